The Labute approximate surface area is 70.8 Å². The quantitative estimate of drug-likeness (QED) is 0.650. The lowest BCUT2D eigenvalue weighted by atomic mass is 10.2. The number of nitrogens with zero attached hydrogens (tertiary/aromatic N) is 1. The third-order valence-electron chi connectivity index (χ3n) is 1.45. The maximum atomic E-state index is 10.6. The molecule has 0 bridgehead atoms. The topological polar surface area (TPSA) is 68.0 Å². The molecule has 64 valence electrons. The van der Waals surface area contributed by atoms with Crippen molar-refractivity contribution in [3.8, 4) is 0 Å². The number of amides is 1. The van der Waals surface area contributed by atoms with Crippen molar-refractivity contribution >= 4 is 17.4 Å². The summed E-state index contributed by atoms with van der Waals surface area (Å²) >= 11 is 0. The van der Waals surface area contributed by atoms with Gasteiger partial charge in [0.25, 0.3) is 0 Å². The lowest BCUT2D eigenvalue weighted by molar-refractivity contribution is -0.114. The maximum absolute atomic E-state index is 10.6. The molecule has 1 aromatic heterocycles. The van der Waals surface area contributed by atoms with Gasteiger partial charge in [0.15, 0.2) is 0 Å². The van der Waals surface area contributed by atoms with E-state index >= 15 is 0 Å². The van der Waals surface area contributed by atoms with Crippen LogP contribution < -0.4 is 11.1 Å². The number of aromatic nitrogens is 1. The number of carbonyl (C=O) groups excluding carboxylic acids is 1. The number of carbonyl (C=O) groups is 1. The van der Waals surface area contributed by atoms with Crippen molar-refractivity contribution in [3.63, 3.8) is 0 Å². The molecule has 1 rings (SSSR count). The molecule has 1 amide bonds. The van der Waals surface area contributed by atoms with Crippen molar-refractivity contribution in [2.45, 2.75) is 13.8 Å². The van der Waals surface area contributed by atoms with Crippen LogP contribution in [0.2, 0.25) is 0 Å². The Balaban J connectivity index is 2.89. The summed E-state index contributed by atoms with van der Waals surface area (Å²) in [5.41, 5.74) is 7.14. The second-order valence-electron chi connectivity index (χ2n) is 2.61. The van der Waals surface area contributed by atoms with Crippen LogP contribution in [0.4, 0.5) is 11.5 Å². The van der Waals surface area contributed by atoms with Gasteiger partial charge in [-0.25, -0.2) is 4.98 Å². The van der Waals surface area contributed by atoms with Crippen LogP contribution in [0, 0.1) is 6.92 Å². The Bertz CT molecular complexity index is 309. The SMILES string of the molecule is CC(=O)Nc1cc(N)c(C)cn1. The van der Waals surface area contributed by atoms with E-state index in [1.165, 1.54) is 6.92 Å². The van der Waals surface area contributed by atoms with Gasteiger partial charge >= 0.3 is 0 Å². The molecular weight excluding hydrogens is 154 g/mol. The third kappa shape index (κ3) is 1.95. The van der Waals surface area contributed by atoms with Crippen molar-refractivity contribution in [1.29, 1.82) is 0 Å². The summed E-state index contributed by atoms with van der Waals surface area (Å²) in [5, 5.41) is 2.54. The number of rotatable bonds is 1. The van der Waals surface area contributed by atoms with Gasteiger partial charge in [0.1, 0.15) is 5.82 Å². The van der Waals surface area contributed by atoms with Gasteiger partial charge in [0, 0.05) is 24.9 Å². The van der Waals surface area contributed by atoms with Crippen LogP contribution in [0.15, 0.2) is 12.3 Å². The molecule has 0 atom stereocenters. The summed E-state index contributed by atoms with van der Waals surface area (Å²) in [5.74, 6) is 0.344. The number of pyridine rings is 1. The van der Waals surface area contributed by atoms with E-state index in [0.717, 1.165) is 5.56 Å². The van der Waals surface area contributed by atoms with E-state index in [0.29, 0.717) is 11.5 Å². The van der Waals surface area contributed by atoms with Crippen molar-refractivity contribution in [1.82, 2.24) is 4.98 Å². The van der Waals surface area contributed by atoms with E-state index in [-0.39, 0.29) is 5.91 Å². The molecule has 4 heteroatoms. The highest BCUT2D eigenvalue weighted by atomic mass is 16.1. The van der Waals surface area contributed by atoms with Crippen LogP contribution in [0.3, 0.4) is 0 Å². The Morgan fingerprint density at radius 2 is 2.33 bits per heavy atom. The van der Waals surface area contributed by atoms with Gasteiger partial charge in [-0.2, -0.15) is 0 Å². The molecule has 1 heterocycles. The van der Waals surface area contributed by atoms with Crippen LogP contribution in [0.25, 0.3) is 0 Å². The lowest BCUT2D eigenvalue weighted by Crippen LogP contribution is -2.08. The second-order valence-corrected chi connectivity index (χ2v) is 2.61. The first-order chi connectivity index (χ1) is 5.59. The molecule has 0 spiro atoms. The molecule has 0 aromatic carbocycles. The molecule has 3 N–H and O–H groups in total. The molecule has 4 nitrogen and oxygen atoms in total. The first-order valence-corrected chi connectivity index (χ1v) is 3.59. The van der Waals surface area contributed by atoms with E-state index in [2.05, 4.69) is 10.3 Å². The van der Waals surface area contributed by atoms with Crippen molar-refractivity contribution < 1.29 is 4.79 Å². The minimum absolute atomic E-state index is 0.147. The summed E-state index contributed by atoms with van der Waals surface area (Å²) in [6, 6.07) is 1.64. The van der Waals surface area contributed by atoms with Gasteiger partial charge in [-0.05, 0) is 12.5 Å². The number of hydrogen-bond donors (Lipinski definition) is 2. The van der Waals surface area contributed by atoms with Gasteiger partial charge in [0.05, 0.1) is 0 Å². The van der Waals surface area contributed by atoms with E-state index < -0.39 is 0 Å². The first-order valence-electron chi connectivity index (χ1n) is 3.59. The Morgan fingerprint density at radius 3 is 2.83 bits per heavy atom. The molecule has 0 radical (unpaired) electrons. The minimum Gasteiger partial charge on any atom is -0.398 e. The predicted octanol–water partition coefficient (Wildman–Crippen LogP) is 0.931. The zero-order valence-electron chi connectivity index (χ0n) is 7.09. The van der Waals surface area contributed by atoms with Crippen LogP contribution in [0.5, 0.6) is 0 Å². The van der Waals surface area contributed by atoms with Crippen LogP contribution in [-0.4, -0.2) is 10.9 Å². The van der Waals surface area contributed by atoms with Gasteiger partial charge in [-0.3, -0.25) is 4.79 Å². The van der Waals surface area contributed by atoms with Crippen molar-refractivity contribution in [3.05, 3.63) is 17.8 Å². The Kier molecular flexibility index (Phi) is 2.28. The largest absolute Gasteiger partial charge is 0.398 e. The van der Waals surface area contributed by atoms with E-state index in [1.807, 2.05) is 6.92 Å². The molecule has 0 unspecified atom stereocenters. The fourth-order valence-corrected chi connectivity index (χ4v) is 0.788. The number of nitrogens with two attached hydrogens (primary N) is 1. The van der Waals surface area contributed by atoms with E-state index in [1.54, 1.807) is 12.3 Å². The molecule has 0 saturated heterocycles. The van der Waals surface area contributed by atoms with Crippen molar-refractivity contribution in [2.24, 2.45) is 0 Å². The Hall–Kier alpha value is -1.58. The highest BCUT2D eigenvalue weighted by molar-refractivity contribution is 5.88. The number of hydrogen-bond acceptors (Lipinski definition) is 3. The molecule has 1 aromatic rings. The standard InChI is InChI=1S/C8H11N3O/c1-5-4-10-8(3-7(5)9)11-6(2)12/h3-4H,1-2H3,(H3,9,10,11,12). The summed E-state index contributed by atoms with van der Waals surface area (Å²) in [4.78, 5) is 14.6. The van der Waals surface area contributed by atoms with E-state index in [9.17, 15) is 4.79 Å². The molecule has 0 aliphatic heterocycles. The summed E-state index contributed by atoms with van der Waals surface area (Å²) in [7, 11) is 0. The fourth-order valence-electron chi connectivity index (χ4n) is 0.788. The summed E-state index contributed by atoms with van der Waals surface area (Å²) in [6.45, 7) is 3.29. The van der Waals surface area contributed by atoms with E-state index in [4.69, 9.17) is 5.73 Å². The lowest BCUT2D eigenvalue weighted by Gasteiger charge is -2.03. The number of anilines is 2. The highest BCUT2D eigenvalue weighted by Gasteiger charge is 1.98. The third-order valence-corrected chi connectivity index (χ3v) is 1.45. The van der Waals surface area contributed by atoms with Crippen LogP contribution >= 0.6 is 0 Å². The average Bonchev–Trinajstić information content (AvgIpc) is 1.96. The van der Waals surface area contributed by atoms with Crippen LogP contribution in [0.1, 0.15) is 12.5 Å². The van der Waals surface area contributed by atoms with Gasteiger partial charge in [-0.1, -0.05) is 0 Å². The first kappa shape index (κ1) is 8.52. The van der Waals surface area contributed by atoms with Crippen LogP contribution in [-0.2, 0) is 4.79 Å². The molecule has 0 aliphatic rings. The monoisotopic (exact) mass is 165 g/mol. The molecular formula is C8H11N3O. The zero-order valence-corrected chi connectivity index (χ0v) is 7.09. The minimum atomic E-state index is -0.147. The number of nitrogen functional groups attached to an aromatic ring is 1. The summed E-state index contributed by atoms with van der Waals surface area (Å²) < 4.78 is 0. The molecule has 12 heavy (non-hydrogen) atoms. The zero-order chi connectivity index (χ0) is 9.14. The smallest absolute Gasteiger partial charge is 0.222 e. The van der Waals surface area contributed by atoms with Crippen molar-refractivity contribution in [2.75, 3.05) is 11.1 Å². The van der Waals surface area contributed by atoms with Gasteiger partial charge < -0.3 is 11.1 Å². The maximum Gasteiger partial charge on any atom is 0.222 e. The average molecular weight is 165 g/mol. The Morgan fingerprint density at radius 1 is 1.67 bits per heavy atom. The normalized spacial score (nSPS) is 9.50. The molecule has 0 saturated carbocycles. The highest BCUT2D eigenvalue weighted by Crippen LogP contribution is 2.12. The number of nitrogens with one attached hydrogen (secondary N) is 1. The molecule has 0 fully saturated rings. The predicted molar refractivity (Wildman–Crippen MR) is 47.7 cm³/mol. The summed E-state index contributed by atoms with van der Waals surface area (Å²) in [6.07, 6.45) is 1.63. The number of aryl methyl sites for hydroxylation is 1. The second kappa shape index (κ2) is 3.21. The molecule has 0 aliphatic carbocycles. The fraction of sp³-hybridized carbons (Fsp3) is 0.250. The van der Waals surface area contributed by atoms with Gasteiger partial charge in [-0.15, -0.1) is 0 Å². The van der Waals surface area contributed by atoms with Gasteiger partial charge in [0.2, 0.25) is 5.91 Å².